The van der Waals surface area contributed by atoms with Gasteiger partial charge in [0.25, 0.3) is 5.91 Å². The number of aryl methyl sites for hydroxylation is 1. The molecule has 1 heterocycles. The van der Waals surface area contributed by atoms with Gasteiger partial charge in [0.1, 0.15) is 5.69 Å². The Morgan fingerprint density at radius 1 is 1.90 bits per heavy atom. The molecular weight excluding hydrogens is 150 g/mol. The van der Waals surface area contributed by atoms with Gasteiger partial charge in [-0.25, -0.2) is 5.84 Å². The van der Waals surface area contributed by atoms with E-state index >= 15 is 0 Å². The third-order valence-corrected chi connectivity index (χ3v) is 1.69. The van der Waals surface area contributed by atoms with Crippen molar-refractivity contribution in [2.24, 2.45) is 5.84 Å². The lowest BCUT2D eigenvalue weighted by Gasteiger charge is -1.89. The van der Waals surface area contributed by atoms with Crippen molar-refractivity contribution in [3.63, 3.8) is 0 Å². The fraction of sp³-hybridized carbons (Fsp3) is 0.200. The highest BCUT2D eigenvalue weighted by Crippen LogP contribution is 2.06. The molecule has 3 N–H and O–H groups in total. The number of nitrogens with two attached hydrogens (primary N) is 1. The highest BCUT2D eigenvalue weighted by molar-refractivity contribution is 7.05. The fourth-order valence-corrected chi connectivity index (χ4v) is 1.09. The van der Waals surface area contributed by atoms with Crippen LogP contribution in [0.1, 0.15) is 15.4 Å². The van der Waals surface area contributed by atoms with Gasteiger partial charge >= 0.3 is 0 Å². The van der Waals surface area contributed by atoms with E-state index in [0.29, 0.717) is 5.69 Å². The average molecular weight is 157 g/mol. The summed E-state index contributed by atoms with van der Waals surface area (Å²) in [6, 6.07) is 1.69. The SMILES string of the molecule is Cc1cc(C(=O)NN)ns1. The Kier molecular flexibility index (Phi) is 1.98. The maximum absolute atomic E-state index is 10.7. The van der Waals surface area contributed by atoms with Gasteiger partial charge in [0.05, 0.1) is 0 Å². The Morgan fingerprint density at radius 3 is 3.00 bits per heavy atom. The molecule has 1 rings (SSSR count). The molecule has 10 heavy (non-hydrogen) atoms. The minimum atomic E-state index is -0.343. The number of amides is 1. The summed E-state index contributed by atoms with van der Waals surface area (Å²) in [6.45, 7) is 1.88. The average Bonchev–Trinajstić information content (AvgIpc) is 2.34. The van der Waals surface area contributed by atoms with Crippen molar-refractivity contribution in [3.05, 3.63) is 16.6 Å². The summed E-state index contributed by atoms with van der Waals surface area (Å²) in [5, 5.41) is 0. The summed E-state index contributed by atoms with van der Waals surface area (Å²) in [7, 11) is 0. The van der Waals surface area contributed by atoms with Crippen LogP contribution in [0, 0.1) is 6.92 Å². The van der Waals surface area contributed by atoms with E-state index in [-0.39, 0.29) is 5.91 Å². The normalized spacial score (nSPS) is 9.40. The van der Waals surface area contributed by atoms with Crippen LogP contribution in [0.3, 0.4) is 0 Å². The fourth-order valence-electron chi connectivity index (χ4n) is 0.547. The highest BCUT2D eigenvalue weighted by Gasteiger charge is 2.05. The number of hydrogen-bond donors (Lipinski definition) is 2. The Morgan fingerprint density at radius 2 is 2.60 bits per heavy atom. The first-order valence-corrected chi connectivity index (χ1v) is 3.45. The van der Waals surface area contributed by atoms with E-state index in [2.05, 4.69) is 4.37 Å². The van der Waals surface area contributed by atoms with E-state index in [1.807, 2.05) is 12.3 Å². The van der Waals surface area contributed by atoms with Gasteiger partial charge in [0, 0.05) is 4.88 Å². The first-order chi connectivity index (χ1) is 4.74. The van der Waals surface area contributed by atoms with Crippen LogP contribution in [0.5, 0.6) is 0 Å². The molecule has 1 aromatic rings. The Balaban J connectivity index is 2.85. The highest BCUT2D eigenvalue weighted by atomic mass is 32.1. The lowest BCUT2D eigenvalue weighted by atomic mass is 10.4. The molecule has 0 aliphatic heterocycles. The van der Waals surface area contributed by atoms with Crippen LogP contribution in [0.25, 0.3) is 0 Å². The molecular formula is C5H7N3OS. The van der Waals surface area contributed by atoms with E-state index in [1.165, 1.54) is 11.5 Å². The molecule has 0 saturated carbocycles. The topological polar surface area (TPSA) is 68.0 Å². The lowest BCUT2D eigenvalue weighted by Crippen LogP contribution is -2.30. The third kappa shape index (κ3) is 1.31. The summed E-state index contributed by atoms with van der Waals surface area (Å²) in [4.78, 5) is 11.7. The largest absolute Gasteiger partial charge is 0.289 e. The minimum absolute atomic E-state index is 0.343. The number of hydrazine groups is 1. The first-order valence-electron chi connectivity index (χ1n) is 2.68. The number of aromatic nitrogens is 1. The predicted octanol–water partition coefficient (Wildman–Crippen LogP) is 0.0550. The van der Waals surface area contributed by atoms with Crippen molar-refractivity contribution in [1.82, 2.24) is 9.80 Å². The number of nitrogens with one attached hydrogen (secondary N) is 1. The van der Waals surface area contributed by atoms with E-state index in [1.54, 1.807) is 6.07 Å². The van der Waals surface area contributed by atoms with E-state index in [4.69, 9.17) is 5.84 Å². The summed E-state index contributed by atoms with van der Waals surface area (Å²) in [6.07, 6.45) is 0. The standard InChI is InChI=1S/C5H7N3OS/c1-3-2-4(8-10-3)5(9)7-6/h2H,6H2,1H3,(H,7,9). The molecule has 0 saturated heterocycles. The monoisotopic (exact) mass is 157 g/mol. The second-order valence-electron chi connectivity index (χ2n) is 1.80. The number of rotatable bonds is 1. The van der Waals surface area contributed by atoms with Crippen LogP contribution < -0.4 is 11.3 Å². The molecule has 54 valence electrons. The third-order valence-electron chi connectivity index (χ3n) is 0.992. The van der Waals surface area contributed by atoms with Gasteiger partial charge in [-0.15, -0.1) is 0 Å². The van der Waals surface area contributed by atoms with Gasteiger partial charge in [0.15, 0.2) is 0 Å². The molecule has 5 heteroatoms. The number of carbonyl (C=O) groups is 1. The maximum atomic E-state index is 10.7. The van der Waals surface area contributed by atoms with Crippen molar-refractivity contribution in [1.29, 1.82) is 0 Å². The van der Waals surface area contributed by atoms with Crippen molar-refractivity contribution in [3.8, 4) is 0 Å². The second kappa shape index (κ2) is 2.76. The van der Waals surface area contributed by atoms with E-state index in [0.717, 1.165) is 4.88 Å². The zero-order valence-electron chi connectivity index (χ0n) is 5.42. The molecule has 0 unspecified atom stereocenters. The van der Waals surface area contributed by atoms with Gasteiger partial charge in [-0.05, 0) is 24.5 Å². The molecule has 4 nitrogen and oxygen atoms in total. The van der Waals surface area contributed by atoms with Crippen molar-refractivity contribution < 1.29 is 4.79 Å². The summed E-state index contributed by atoms with van der Waals surface area (Å²) in [5.74, 6) is 4.54. The number of nitrogen functional groups attached to an aromatic ring is 1. The quantitative estimate of drug-likeness (QED) is 0.344. The molecule has 0 aliphatic carbocycles. The lowest BCUT2D eigenvalue weighted by molar-refractivity contribution is 0.0950. The molecule has 0 atom stereocenters. The molecule has 0 aromatic carbocycles. The molecule has 1 aromatic heterocycles. The predicted molar refractivity (Wildman–Crippen MR) is 38.5 cm³/mol. The number of nitrogens with zero attached hydrogens (tertiary/aromatic N) is 1. The first kappa shape index (κ1) is 7.17. The summed E-state index contributed by atoms with van der Waals surface area (Å²) >= 11 is 1.28. The summed E-state index contributed by atoms with van der Waals surface area (Å²) < 4.78 is 3.84. The number of carbonyl (C=O) groups excluding carboxylic acids is 1. The van der Waals surface area contributed by atoms with Crippen LogP contribution in [0.4, 0.5) is 0 Å². The second-order valence-corrected chi connectivity index (χ2v) is 2.81. The van der Waals surface area contributed by atoms with E-state index < -0.39 is 0 Å². The molecule has 0 spiro atoms. The molecule has 0 fully saturated rings. The van der Waals surface area contributed by atoms with Gasteiger partial charge < -0.3 is 0 Å². The number of hydrogen-bond acceptors (Lipinski definition) is 4. The molecule has 0 bridgehead atoms. The Bertz CT molecular complexity index is 245. The maximum Gasteiger partial charge on any atom is 0.284 e. The Labute approximate surface area is 62.2 Å². The van der Waals surface area contributed by atoms with Gasteiger partial charge in [-0.3, -0.25) is 10.2 Å². The minimum Gasteiger partial charge on any atom is -0.289 e. The van der Waals surface area contributed by atoms with Crippen LogP contribution >= 0.6 is 11.5 Å². The zero-order valence-corrected chi connectivity index (χ0v) is 6.23. The van der Waals surface area contributed by atoms with Gasteiger partial charge in [-0.2, -0.15) is 4.37 Å². The van der Waals surface area contributed by atoms with Crippen molar-refractivity contribution in [2.45, 2.75) is 6.92 Å². The Hall–Kier alpha value is -0.940. The smallest absolute Gasteiger partial charge is 0.284 e. The zero-order chi connectivity index (χ0) is 7.56. The van der Waals surface area contributed by atoms with Gasteiger partial charge in [0.2, 0.25) is 0 Å². The van der Waals surface area contributed by atoms with Gasteiger partial charge in [-0.1, -0.05) is 0 Å². The van der Waals surface area contributed by atoms with Crippen LogP contribution in [-0.2, 0) is 0 Å². The van der Waals surface area contributed by atoms with Crippen molar-refractivity contribution >= 4 is 17.4 Å². The molecule has 1 amide bonds. The van der Waals surface area contributed by atoms with Crippen LogP contribution in [0.2, 0.25) is 0 Å². The van der Waals surface area contributed by atoms with E-state index in [9.17, 15) is 4.79 Å². The molecule has 0 radical (unpaired) electrons. The van der Waals surface area contributed by atoms with Crippen molar-refractivity contribution in [2.75, 3.05) is 0 Å². The summed E-state index contributed by atoms with van der Waals surface area (Å²) in [5.41, 5.74) is 2.38. The van der Waals surface area contributed by atoms with Crippen LogP contribution in [-0.4, -0.2) is 10.3 Å². The van der Waals surface area contributed by atoms with Crippen LogP contribution in [0.15, 0.2) is 6.07 Å². The molecule has 0 aliphatic rings.